The molecule has 2 N–H and O–H groups in total. The predicted molar refractivity (Wildman–Crippen MR) is 163 cm³/mol. The first-order valence-electron chi connectivity index (χ1n) is 14.8. The van der Waals surface area contributed by atoms with E-state index in [1.165, 1.54) is 23.3 Å². The van der Waals surface area contributed by atoms with Crippen molar-refractivity contribution >= 4 is 39.8 Å². The van der Waals surface area contributed by atoms with Gasteiger partial charge >= 0.3 is 0 Å². The fourth-order valence-corrected chi connectivity index (χ4v) is 7.03. The van der Waals surface area contributed by atoms with Gasteiger partial charge in [-0.15, -0.1) is 11.3 Å². The van der Waals surface area contributed by atoms with Crippen LogP contribution in [0.4, 0.5) is 16.6 Å². The summed E-state index contributed by atoms with van der Waals surface area (Å²) in [4.78, 5) is 34.7. The molecule has 2 amide bonds. The number of imidazole rings is 1. The Morgan fingerprint density at radius 2 is 1.73 bits per heavy atom. The molecule has 0 spiro atoms. The van der Waals surface area contributed by atoms with E-state index < -0.39 is 0 Å². The maximum atomic E-state index is 13.6. The average Bonchev–Trinajstić information content (AvgIpc) is 3.94. The maximum absolute atomic E-state index is 13.6. The van der Waals surface area contributed by atoms with E-state index in [9.17, 15) is 9.59 Å². The Bertz CT molecular complexity index is 1540. The molecule has 4 aromatic rings. The number of nitrogens with zero attached hydrogens (tertiary/aromatic N) is 3. The molecule has 210 valence electrons. The number of nitrogens with one attached hydrogen (secondary N) is 2. The summed E-state index contributed by atoms with van der Waals surface area (Å²) in [5, 5.41) is 7.03. The monoisotopic (exact) mass is 565 g/mol. The molecule has 3 aliphatic rings. The lowest BCUT2D eigenvalue weighted by atomic mass is 9.91. The van der Waals surface area contributed by atoms with Crippen LogP contribution in [0.2, 0.25) is 0 Å². The molecule has 3 aliphatic carbocycles. The molecule has 1 atom stereocenters. The van der Waals surface area contributed by atoms with Crippen molar-refractivity contribution in [1.29, 1.82) is 0 Å². The summed E-state index contributed by atoms with van der Waals surface area (Å²) in [6.07, 6.45) is 10.7. The minimum Gasteiger partial charge on any atom is -0.352 e. The lowest BCUT2D eigenvalue weighted by molar-refractivity contribution is -0.117. The third kappa shape index (κ3) is 5.66. The second kappa shape index (κ2) is 11.2. The molecular weight excluding hydrogens is 530 g/mol. The molecule has 8 heteroatoms. The van der Waals surface area contributed by atoms with Crippen LogP contribution in [0.15, 0.2) is 73.1 Å². The van der Waals surface area contributed by atoms with Crippen LogP contribution < -0.4 is 15.5 Å². The molecule has 2 aromatic heterocycles. The molecule has 2 saturated carbocycles. The minimum atomic E-state index is -0.0537. The van der Waals surface area contributed by atoms with Crippen LogP contribution in [0.5, 0.6) is 0 Å². The van der Waals surface area contributed by atoms with E-state index in [-0.39, 0.29) is 23.8 Å². The molecule has 7 rings (SSSR count). The van der Waals surface area contributed by atoms with Crippen molar-refractivity contribution in [2.75, 3.05) is 16.8 Å². The number of carbonyl (C=O) groups excluding carboxylic acids is 2. The summed E-state index contributed by atoms with van der Waals surface area (Å²) >= 11 is 1.59. The van der Waals surface area contributed by atoms with E-state index in [2.05, 4.69) is 74.8 Å². The SMILES string of the molecule is O=C(NCC1CC1)c1c(NC(=O)C2CC2)sc2c1CC(n1ccnc1N(Cc1ccccc1)c1ccccc1)CC2. The van der Waals surface area contributed by atoms with E-state index in [1.807, 2.05) is 18.3 Å². The Morgan fingerprint density at radius 1 is 0.976 bits per heavy atom. The van der Waals surface area contributed by atoms with Gasteiger partial charge in [0.1, 0.15) is 5.00 Å². The van der Waals surface area contributed by atoms with Gasteiger partial charge in [0.25, 0.3) is 5.91 Å². The van der Waals surface area contributed by atoms with Gasteiger partial charge in [-0.1, -0.05) is 48.5 Å². The lowest BCUT2D eigenvalue weighted by Crippen LogP contribution is -2.29. The number of anilines is 3. The van der Waals surface area contributed by atoms with Gasteiger partial charge in [0, 0.05) is 41.5 Å². The number of thiophene rings is 1. The number of aromatic nitrogens is 2. The zero-order valence-corrected chi connectivity index (χ0v) is 23.9. The van der Waals surface area contributed by atoms with E-state index >= 15 is 0 Å². The largest absolute Gasteiger partial charge is 0.352 e. The summed E-state index contributed by atoms with van der Waals surface area (Å²) in [5.74, 6) is 1.57. The van der Waals surface area contributed by atoms with E-state index in [4.69, 9.17) is 4.98 Å². The van der Waals surface area contributed by atoms with Crippen molar-refractivity contribution in [3.63, 3.8) is 0 Å². The topological polar surface area (TPSA) is 79.3 Å². The lowest BCUT2D eigenvalue weighted by Gasteiger charge is -2.30. The van der Waals surface area contributed by atoms with Crippen molar-refractivity contribution in [2.24, 2.45) is 11.8 Å². The highest BCUT2D eigenvalue weighted by atomic mass is 32.1. The first-order chi connectivity index (χ1) is 20.1. The second-order valence-electron chi connectivity index (χ2n) is 11.6. The van der Waals surface area contributed by atoms with Crippen LogP contribution in [-0.4, -0.2) is 27.9 Å². The van der Waals surface area contributed by atoms with Gasteiger partial charge in [-0.2, -0.15) is 0 Å². The van der Waals surface area contributed by atoms with Gasteiger partial charge in [0.2, 0.25) is 11.9 Å². The highest BCUT2D eigenvalue weighted by Crippen LogP contribution is 2.43. The van der Waals surface area contributed by atoms with Crippen molar-refractivity contribution in [3.8, 4) is 0 Å². The van der Waals surface area contributed by atoms with Crippen LogP contribution in [0.25, 0.3) is 0 Å². The Labute approximate surface area is 244 Å². The number of hydrogen-bond acceptors (Lipinski definition) is 5. The summed E-state index contributed by atoms with van der Waals surface area (Å²) in [6, 6.07) is 21.0. The van der Waals surface area contributed by atoms with E-state index in [0.717, 1.165) is 54.3 Å². The zero-order valence-electron chi connectivity index (χ0n) is 23.1. The minimum absolute atomic E-state index is 0.0488. The Kier molecular flexibility index (Phi) is 7.08. The molecule has 41 heavy (non-hydrogen) atoms. The quantitative estimate of drug-likeness (QED) is 0.230. The van der Waals surface area contributed by atoms with Gasteiger partial charge in [-0.3, -0.25) is 9.59 Å². The fourth-order valence-electron chi connectivity index (χ4n) is 5.79. The summed E-state index contributed by atoms with van der Waals surface area (Å²) < 4.78 is 2.28. The van der Waals surface area contributed by atoms with Gasteiger partial charge in [-0.25, -0.2) is 4.98 Å². The smallest absolute Gasteiger partial charge is 0.254 e. The standard InChI is InChI=1S/C33H35N5O2S/c39-30(24-13-14-24)36-32-29(31(40)35-20-22-11-12-22)27-19-26(15-16-28(27)41-32)37-18-17-34-33(37)38(25-9-5-2-6-10-25)21-23-7-3-1-4-8-23/h1-10,17-18,22,24,26H,11-16,19-21H2,(H,35,40)(H,36,39). The molecule has 2 aromatic carbocycles. The van der Waals surface area contributed by atoms with Crippen LogP contribution in [-0.2, 0) is 24.2 Å². The third-order valence-electron chi connectivity index (χ3n) is 8.43. The molecule has 7 nitrogen and oxygen atoms in total. The average molecular weight is 566 g/mol. The summed E-state index contributed by atoms with van der Waals surface area (Å²) in [7, 11) is 0. The highest BCUT2D eigenvalue weighted by molar-refractivity contribution is 7.17. The molecule has 0 aliphatic heterocycles. The molecule has 0 bridgehead atoms. The fraction of sp³-hybridized carbons (Fsp3) is 0.364. The number of benzene rings is 2. The summed E-state index contributed by atoms with van der Waals surface area (Å²) in [5.41, 5.74) is 4.05. The Hall–Kier alpha value is -3.91. The first kappa shape index (κ1) is 26.0. The zero-order chi connectivity index (χ0) is 27.8. The van der Waals surface area contributed by atoms with Crippen molar-refractivity contribution < 1.29 is 9.59 Å². The van der Waals surface area contributed by atoms with Gasteiger partial charge < -0.3 is 20.1 Å². The van der Waals surface area contributed by atoms with E-state index in [1.54, 1.807) is 11.3 Å². The van der Waals surface area contributed by atoms with Crippen LogP contribution in [0, 0.1) is 11.8 Å². The number of fused-ring (bicyclic) bond motifs is 1. The molecule has 1 unspecified atom stereocenters. The third-order valence-corrected chi connectivity index (χ3v) is 9.64. The normalized spacial score (nSPS) is 18.0. The maximum Gasteiger partial charge on any atom is 0.254 e. The number of aryl methyl sites for hydroxylation is 1. The first-order valence-corrected chi connectivity index (χ1v) is 15.6. The van der Waals surface area contributed by atoms with Crippen molar-refractivity contribution in [3.05, 3.63) is 94.6 Å². The highest BCUT2D eigenvalue weighted by Gasteiger charge is 2.35. The Morgan fingerprint density at radius 3 is 2.46 bits per heavy atom. The molecule has 0 saturated heterocycles. The number of rotatable bonds is 10. The van der Waals surface area contributed by atoms with Crippen LogP contribution in [0.1, 0.15) is 64.5 Å². The number of para-hydroxylation sites is 1. The van der Waals surface area contributed by atoms with Crippen molar-refractivity contribution in [1.82, 2.24) is 14.9 Å². The van der Waals surface area contributed by atoms with Crippen molar-refractivity contribution in [2.45, 2.75) is 57.5 Å². The number of amides is 2. The molecule has 2 fully saturated rings. The molecular formula is C33H35N5O2S. The molecule has 2 heterocycles. The van der Waals surface area contributed by atoms with Crippen LogP contribution in [0.3, 0.4) is 0 Å². The second-order valence-corrected chi connectivity index (χ2v) is 12.7. The number of carbonyl (C=O) groups is 2. The summed E-state index contributed by atoms with van der Waals surface area (Å²) in [6.45, 7) is 1.41. The van der Waals surface area contributed by atoms with Gasteiger partial charge in [0.05, 0.1) is 12.1 Å². The van der Waals surface area contributed by atoms with Crippen LogP contribution >= 0.6 is 11.3 Å². The van der Waals surface area contributed by atoms with E-state index in [0.29, 0.717) is 24.6 Å². The van der Waals surface area contributed by atoms with Gasteiger partial charge in [0.15, 0.2) is 0 Å². The number of hydrogen-bond donors (Lipinski definition) is 2. The molecule has 0 radical (unpaired) electrons. The van der Waals surface area contributed by atoms with Gasteiger partial charge in [-0.05, 0) is 74.1 Å². The predicted octanol–water partition coefficient (Wildman–Crippen LogP) is 6.50. The Balaban J connectivity index is 1.20.